The minimum Gasteiger partial charge on any atom is -0.493 e. The van der Waals surface area contributed by atoms with Gasteiger partial charge in [-0.15, -0.1) is 0 Å². The maximum atomic E-state index is 15.1. The van der Waals surface area contributed by atoms with Gasteiger partial charge in [-0.25, -0.2) is 17.1 Å². The van der Waals surface area contributed by atoms with Gasteiger partial charge in [0.05, 0.1) is 12.2 Å². The van der Waals surface area contributed by atoms with E-state index in [0.717, 1.165) is 36.2 Å². The molecule has 5 saturated carbocycles. The van der Waals surface area contributed by atoms with Gasteiger partial charge < -0.3 is 4.74 Å². The molecular weight excluding hydrogens is 441 g/mol. The molecule has 1 heterocycles. The van der Waals surface area contributed by atoms with E-state index >= 15 is 4.39 Å². The highest BCUT2D eigenvalue weighted by molar-refractivity contribution is 7.89. The van der Waals surface area contributed by atoms with Crippen molar-refractivity contribution in [2.24, 2.45) is 29.1 Å². The highest BCUT2D eigenvalue weighted by Crippen LogP contribution is 2.60. The summed E-state index contributed by atoms with van der Waals surface area (Å²) in [6.45, 7) is 3.66. The molecule has 1 aromatic carbocycles. The summed E-state index contributed by atoms with van der Waals surface area (Å²) in [5.41, 5.74) is 0.978. The Morgan fingerprint density at radius 3 is 2.21 bits per heavy atom. The average molecular weight is 476 g/mol. The molecular formula is C26H34FNO4S. The molecule has 1 saturated heterocycles. The van der Waals surface area contributed by atoms with Gasteiger partial charge in [-0.3, -0.25) is 4.79 Å². The van der Waals surface area contributed by atoms with Crippen LogP contribution in [-0.2, 0) is 10.0 Å². The Bertz CT molecular complexity index is 1040. The molecule has 5 aliphatic carbocycles. The van der Waals surface area contributed by atoms with E-state index in [0.29, 0.717) is 31.4 Å². The van der Waals surface area contributed by atoms with Gasteiger partial charge in [-0.2, -0.15) is 0 Å². The highest BCUT2D eigenvalue weighted by Gasteiger charge is 2.51. The number of ether oxygens (including phenoxy) is 1. The molecule has 5 nitrogen and oxygen atoms in total. The summed E-state index contributed by atoms with van der Waals surface area (Å²) in [4.78, 5) is 12.8. The molecule has 4 bridgehead atoms. The van der Waals surface area contributed by atoms with Gasteiger partial charge >= 0.3 is 0 Å². The number of hydrogen-bond acceptors (Lipinski definition) is 4. The summed E-state index contributed by atoms with van der Waals surface area (Å²) >= 11 is 0. The monoisotopic (exact) mass is 475 g/mol. The third kappa shape index (κ3) is 4.03. The average Bonchev–Trinajstić information content (AvgIpc) is 3.39. The van der Waals surface area contributed by atoms with Crippen molar-refractivity contribution in [3.8, 4) is 5.75 Å². The summed E-state index contributed by atoms with van der Waals surface area (Å²) < 4.78 is 47.6. The third-order valence-electron chi connectivity index (χ3n) is 9.13. The molecule has 0 N–H and O–H groups in total. The van der Waals surface area contributed by atoms with Crippen molar-refractivity contribution in [1.82, 2.24) is 4.31 Å². The second-order valence-electron chi connectivity index (χ2n) is 11.8. The zero-order chi connectivity index (χ0) is 23.0. The van der Waals surface area contributed by atoms with Crippen molar-refractivity contribution >= 4 is 15.8 Å². The number of nitrogens with zero attached hydrogens (tertiary/aromatic N) is 1. The molecule has 1 aromatic rings. The fourth-order valence-electron chi connectivity index (χ4n) is 7.55. The van der Waals surface area contributed by atoms with E-state index < -0.39 is 27.4 Å². The molecule has 2 atom stereocenters. The number of halogens is 1. The predicted molar refractivity (Wildman–Crippen MR) is 123 cm³/mol. The van der Waals surface area contributed by atoms with Gasteiger partial charge in [0.25, 0.3) is 0 Å². The van der Waals surface area contributed by atoms with Crippen LogP contribution < -0.4 is 4.74 Å². The summed E-state index contributed by atoms with van der Waals surface area (Å²) in [6, 6.07) is 2.94. The largest absolute Gasteiger partial charge is 0.493 e. The highest BCUT2D eigenvalue weighted by atomic mass is 32.2. The van der Waals surface area contributed by atoms with Gasteiger partial charge in [0.15, 0.2) is 5.78 Å². The maximum Gasteiger partial charge on any atom is 0.221 e. The van der Waals surface area contributed by atoms with Gasteiger partial charge in [-0.1, -0.05) is 6.92 Å². The lowest BCUT2D eigenvalue weighted by Gasteiger charge is -2.56. The van der Waals surface area contributed by atoms with Crippen LogP contribution in [0.1, 0.15) is 80.1 Å². The Morgan fingerprint density at radius 1 is 1.09 bits per heavy atom. The Morgan fingerprint density at radius 2 is 1.70 bits per heavy atom. The first kappa shape index (κ1) is 22.0. The fourth-order valence-corrected chi connectivity index (χ4v) is 9.04. The van der Waals surface area contributed by atoms with Gasteiger partial charge in [0, 0.05) is 24.6 Å². The lowest BCUT2D eigenvalue weighted by Crippen LogP contribution is -2.48. The first-order chi connectivity index (χ1) is 15.7. The standard InChI is InChI=1S/C26H34FNO4S/c1-16-5-20(16)21-9-22(24(29)14-33(30,31)28-3-2-4-28)23(27)10-25(21)32-15-26-11-17-6-18(12-26)8-19(7-17)13-26/h9-10,16-20H,2-8,11-15H2,1H3. The third-order valence-corrected chi connectivity index (χ3v) is 10.9. The number of ketones is 1. The Hall–Kier alpha value is -1.47. The molecule has 0 radical (unpaired) electrons. The predicted octanol–water partition coefficient (Wildman–Crippen LogP) is 4.76. The molecule has 7 heteroatoms. The van der Waals surface area contributed by atoms with E-state index in [1.165, 1.54) is 48.9 Å². The van der Waals surface area contributed by atoms with E-state index in [4.69, 9.17) is 4.74 Å². The molecule has 0 spiro atoms. The number of carbonyl (C=O) groups excluding carboxylic acids is 1. The van der Waals surface area contributed by atoms with Crippen LogP contribution in [0.15, 0.2) is 12.1 Å². The second kappa shape index (κ2) is 7.77. The number of Topliss-reactive ketones (excluding diaryl/α,β-unsaturated/α-hetero) is 1. The van der Waals surface area contributed by atoms with E-state index in [1.54, 1.807) is 6.07 Å². The minimum absolute atomic E-state index is 0.115. The van der Waals surface area contributed by atoms with Crippen LogP contribution in [0.25, 0.3) is 0 Å². The SMILES string of the molecule is CC1CC1c1cc(C(=O)CS(=O)(=O)N2CCC2)c(F)cc1OCC12CC3CC(CC(C3)C1)C2. The Labute approximate surface area is 196 Å². The zero-order valence-electron chi connectivity index (χ0n) is 19.4. The smallest absolute Gasteiger partial charge is 0.221 e. The topological polar surface area (TPSA) is 63.7 Å². The summed E-state index contributed by atoms with van der Waals surface area (Å²) in [5.74, 6) is 1.74. The quantitative estimate of drug-likeness (QED) is 0.509. The Kier molecular flexibility index (Phi) is 5.19. The van der Waals surface area contributed by atoms with Crippen molar-refractivity contribution in [3.63, 3.8) is 0 Å². The van der Waals surface area contributed by atoms with E-state index in [-0.39, 0.29) is 16.9 Å². The maximum absolute atomic E-state index is 15.1. The first-order valence-corrected chi connectivity index (χ1v) is 14.3. The summed E-state index contributed by atoms with van der Waals surface area (Å²) in [6.07, 6.45) is 9.58. The number of sulfonamides is 1. The molecule has 2 unspecified atom stereocenters. The number of rotatable bonds is 8. The van der Waals surface area contributed by atoms with Crippen LogP contribution >= 0.6 is 0 Å². The lowest BCUT2D eigenvalue weighted by molar-refractivity contribution is -0.0747. The van der Waals surface area contributed by atoms with Crippen LogP contribution in [0.4, 0.5) is 4.39 Å². The van der Waals surface area contributed by atoms with E-state index in [1.807, 2.05) is 0 Å². The molecule has 180 valence electrons. The minimum atomic E-state index is -3.68. The van der Waals surface area contributed by atoms with Crippen molar-refractivity contribution in [3.05, 3.63) is 29.1 Å². The van der Waals surface area contributed by atoms with Crippen LogP contribution in [-0.4, -0.2) is 44.0 Å². The van der Waals surface area contributed by atoms with Crippen LogP contribution in [0.5, 0.6) is 5.75 Å². The van der Waals surface area contributed by atoms with Crippen LogP contribution in [0.3, 0.4) is 0 Å². The van der Waals surface area contributed by atoms with Gasteiger partial charge in [0.2, 0.25) is 10.0 Å². The van der Waals surface area contributed by atoms with Gasteiger partial charge in [0.1, 0.15) is 17.3 Å². The van der Waals surface area contributed by atoms with Crippen molar-refractivity contribution in [1.29, 1.82) is 0 Å². The lowest BCUT2D eigenvalue weighted by atomic mass is 9.50. The molecule has 0 aromatic heterocycles. The zero-order valence-corrected chi connectivity index (χ0v) is 20.2. The number of carbonyl (C=O) groups is 1. The van der Waals surface area contributed by atoms with Crippen molar-refractivity contribution < 1.29 is 22.3 Å². The van der Waals surface area contributed by atoms with E-state index in [9.17, 15) is 13.2 Å². The van der Waals surface area contributed by atoms with Crippen LogP contribution in [0.2, 0.25) is 0 Å². The second-order valence-corrected chi connectivity index (χ2v) is 13.8. The molecule has 0 amide bonds. The molecule has 1 aliphatic heterocycles. The van der Waals surface area contributed by atoms with Crippen LogP contribution in [0, 0.1) is 34.9 Å². The molecule has 6 aliphatic rings. The number of hydrogen-bond donors (Lipinski definition) is 0. The van der Waals surface area contributed by atoms with Gasteiger partial charge in [-0.05, 0) is 92.6 Å². The van der Waals surface area contributed by atoms with E-state index in [2.05, 4.69) is 6.92 Å². The molecule has 33 heavy (non-hydrogen) atoms. The summed E-state index contributed by atoms with van der Waals surface area (Å²) in [7, 11) is -3.68. The van der Waals surface area contributed by atoms with Crippen molar-refractivity contribution in [2.45, 2.75) is 64.2 Å². The number of benzene rings is 1. The first-order valence-electron chi connectivity index (χ1n) is 12.7. The molecule has 7 rings (SSSR count). The molecule has 6 fully saturated rings. The normalized spacial score (nSPS) is 37.1. The Balaban J connectivity index is 1.23. The van der Waals surface area contributed by atoms with Crippen molar-refractivity contribution in [2.75, 3.05) is 25.4 Å². The summed E-state index contributed by atoms with van der Waals surface area (Å²) in [5, 5.41) is 0. The fraction of sp³-hybridized carbons (Fsp3) is 0.731.